The van der Waals surface area contributed by atoms with Crippen molar-refractivity contribution in [3.63, 3.8) is 0 Å². The molecule has 8 nitrogen and oxygen atoms in total. The van der Waals surface area contributed by atoms with Gasteiger partial charge in [-0.2, -0.15) is 4.99 Å². The highest BCUT2D eigenvalue weighted by molar-refractivity contribution is 8.14. The van der Waals surface area contributed by atoms with Crippen LogP contribution < -0.4 is 10.6 Å². The van der Waals surface area contributed by atoms with Crippen LogP contribution in [0, 0.1) is 5.82 Å². The summed E-state index contributed by atoms with van der Waals surface area (Å²) in [6, 6.07) is 12.2. The summed E-state index contributed by atoms with van der Waals surface area (Å²) in [6.07, 6.45) is 5.24. The molecule has 10 heteroatoms. The van der Waals surface area contributed by atoms with E-state index in [9.17, 15) is 18.8 Å². The molecule has 2 aromatic rings. The van der Waals surface area contributed by atoms with Crippen LogP contribution in [0.25, 0.3) is 0 Å². The summed E-state index contributed by atoms with van der Waals surface area (Å²) >= 11 is 1.16. The molecule has 5 rings (SSSR count). The van der Waals surface area contributed by atoms with Crippen LogP contribution in [-0.4, -0.2) is 51.5 Å². The Balaban J connectivity index is 1.31. The molecule has 186 valence electrons. The zero-order valence-corrected chi connectivity index (χ0v) is 20.4. The first-order valence-electron chi connectivity index (χ1n) is 12.1. The van der Waals surface area contributed by atoms with Crippen molar-refractivity contribution in [3.05, 3.63) is 59.9 Å². The topological polar surface area (TPSA) is 103 Å². The number of amides is 3. The molecule has 0 radical (unpaired) electrons. The van der Waals surface area contributed by atoms with Crippen LogP contribution in [0.2, 0.25) is 0 Å². The summed E-state index contributed by atoms with van der Waals surface area (Å²) in [4.78, 5) is 49.0. The molecule has 0 aromatic heterocycles. The second-order valence-corrected chi connectivity index (χ2v) is 9.96. The predicted molar refractivity (Wildman–Crippen MR) is 138 cm³/mol. The van der Waals surface area contributed by atoms with E-state index in [2.05, 4.69) is 15.6 Å². The van der Waals surface area contributed by atoms with Crippen molar-refractivity contribution in [1.29, 1.82) is 0 Å². The largest absolute Gasteiger partial charge is 0.353 e. The number of hydrogen-bond donors (Lipinski definition) is 2. The van der Waals surface area contributed by atoms with Crippen LogP contribution in [0.4, 0.5) is 15.8 Å². The number of anilines is 1. The quantitative estimate of drug-likeness (QED) is 0.615. The van der Waals surface area contributed by atoms with Gasteiger partial charge in [0.25, 0.3) is 5.91 Å². The molecule has 3 aliphatic rings. The summed E-state index contributed by atoms with van der Waals surface area (Å²) in [5, 5.41) is 6.23. The van der Waals surface area contributed by atoms with Gasteiger partial charge in [-0.3, -0.25) is 19.3 Å². The number of aliphatic imine (C=N–C) groups is 2. The van der Waals surface area contributed by atoms with Crippen molar-refractivity contribution in [2.24, 2.45) is 9.98 Å². The van der Waals surface area contributed by atoms with E-state index in [0.717, 1.165) is 37.4 Å². The Hall–Kier alpha value is -3.53. The van der Waals surface area contributed by atoms with Crippen LogP contribution in [0.3, 0.4) is 0 Å². The number of hydrogen-bond acceptors (Lipinski definition) is 6. The lowest BCUT2D eigenvalue weighted by Gasteiger charge is -2.31. The number of fused-ring (bicyclic) bond motifs is 3. The number of halogens is 1. The van der Waals surface area contributed by atoms with Gasteiger partial charge >= 0.3 is 0 Å². The number of thioether (sulfide) groups is 1. The molecule has 0 saturated heterocycles. The second-order valence-electron chi connectivity index (χ2n) is 9.02. The lowest BCUT2D eigenvalue weighted by Crippen LogP contribution is -2.47. The van der Waals surface area contributed by atoms with Crippen LogP contribution in [0.1, 0.15) is 44.1 Å². The number of benzene rings is 2. The van der Waals surface area contributed by atoms with Gasteiger partial charge in [0.05, 0.1) is 17.9 Å². The third-order valence-electron chi connectivity index (χ3n) is 6.42. The molecule has 2 aliphatic heterocycles. The van der Waals surface area contributed by atoms with Crippen molar-refractivity contribution < 1.29 is 18.8 Å². The van der Waals surface area contributed by atoms with E-state index in [1.165, 1.54) is 30.7 Å². The Morgan fingerprint density at radius 1 is 1.00 bits per heavy atom. The molecular formula is C26H26FN5O3S. The number of nitrogens with one attached hydrogen (secondary N) is 2. The van der Waals surface area contributed by atoms with Crippen LogP contribution in [0.15, 0.2) is 58.5 Å². The number of rotatable bonds is 6. The highest BCUT2D eigenvalue weighted by Gasteiger charge is 2.43. The third kappa shape index (κ3) is 5.33. The summed E-state index contributed by atoms with van der Waals surface area (Å²) in [7, 11) is 0. The van der Waals surface area contributed by atoms with Gasteiger partial charge in [-0.1, -0.05) is 43.2 Å². The summed E-state index contributed by atoms with van der Waals surface area (Å²) in [6.45, 7) is 0. The Bertz CT molecular complexity index is 1240. The first-order valence-corrected chi connectivity index (χ1v) is 13.0. The average molecular weight is 508 g/mol. The van der Waals surface area contributed by atoms with Gasteiger partial charge < -0.3 is 10.6 Å². The molecule has 1 fully saturated rings. The molecule has 36 heavy (non-hydrogen) atoms. The second kappa shape index (κ2) is 10.6. The Labute approximate surface area is 212 Å². The van der Waals surface area contributed by atoms with Crippen LogP contribution in [0.5, 0.6) is 0 Å². The van der Waals surface area contributed by atoms with Crippen LogP contribution >= 0.6 is 11.8 Å². The van der Waals surface area contributed by atoms with E-state index < -0.39 is 11.9 Å². The van der Waals surface area contributed by atoms with Crippen molar-refractivity contribution in [3.8, 4) is 0 Å². The van der Waals surface area contributed by atoms with Crippen LogP contribution in [-0.2, 0) is 14.4 Å². The number of carbonyl (C=O) groups excluding carboxylic acids is 3. The fourth-order valence-corrected chi connectivity index (χ4v) is 5.52. The van der Waals surface area contributed by atoms with Gasteiger partial charge in [0, 0.05) is 17.3 Å². The molecule has 2 heterocycles. The maximum atomic E-state index is 13.1. The summed E-state index contributed by atoms with van der Waals surface area (Å²) in [5.41, 5.74) is 1.84. The SMILES string of the molecule is O=C(CSC1=Nc2ccccc2C2=NC(=O)C(CC(=O)NC3CCCCC3)N12)Nc1ccc(F)cc1. The van der Waals surface area contributed by atoms with Gasteiger partial charge in [-0.05, 0) is 49.2 Å². The maximum Gasteiger partial charge on any atom is 0.271 e. The number of nitrogens with zero attached hydrogens (tertiary/aromatic N) is 3. The smallest absolute Gasteiger partial charge is 0.271 e. The van der Waals surface area contributed by atoms with Crippen molar-refractivity contribution in [1.82, 2.24) is 10.2 Å². The standard InChI is InChI=1S/C26H26FN5O3S/c27-16-10-12-18(13-11-16)29-23(34)15-36-26-30-20-9-5-4-8-19(20)24-31-25(35)21(32(24)26)14-22(33)28-17-6-2-1-3-7-17/h4-5,8-13,17,21H,1-3,6-7,14-15H2,(H,28,33)(H,29,34). The molecule has 2 N–H and O–H groups in total. The fraction of sp³-hybridized carbons (Fsp3) is 0.346. The molecule has 1 atom stereocenters. The first-order chi connectivity index (χ1) is 17.5. The molecule has 1 unspecified atom stereocenters. The molecule has 2 aromatic carbocycles. The Kier molecular flexibility index (Phi) is 7.13. The van der Waals surface area contributed by atoms with Gasteiger partial charge in [0.2, 0.25) is 11.8 Å². The first kappa shape index (κ1) is 24.2. The Morgan fingerprint density at radius 3 is 2.53 bits per heavy atom. The average Bonchev–Trinajstić information content (AvgIpc) is 3.20. The lowest BCUT2D eigenvalue weighted by atomic mass is 9.95. The van der Waals surface area contributed by atoms with Crippen molar-refractivity contribution in [2.75, 3.05) is 11.1 Å². The zero-order valence-electron chi connectivity index (χ0n) is 19.6. The molecule has 1 aliphatic carbocycles. The van der Waals surface area contributed by atoms with E-state index in [4.69, 9.17) is 4.99 Å². The number of para-hydroxylation sites is 1. The minimum absolute atomic E-state index is 0.0112. The molecule has 1 saturated carbocycles. The minimum Gasteiger partial charge on any atom is -0.353 e. The normalized spacial score (nSPS) is 19.2. The van der Waals surface area contributed by atoms with Gasteiger partial charge in [-0.25, -0.2) is 9.38 Å². The Morgan fingerprint density at radius 2 is 1.75 bits per heavy atom. The summed E-state index contributed by atoms with van der Waals surface area (Å²) < 4.78 is 13.1. The molecule has 0 spiro atoms. The number of carbonyl (C=O) groups is 3. The van der Waals surface area contributed by atoms with Gasteiger partial charge in [0.1, 0.15) is 17.7 Å². The maximum absolute atomic E-state index is 13.1. The van der Waals surface area contributed by atoms with Gasteiger partial charge in [0.15, 0.2) is 5.17 Å². The highest BCUT2D eigenvalue weighted by Crippen LogP contribution is 2.35. The molecule has 0 bridgehead atoms. The minimum atomic E-state index is -0.816. The van der Waals surface area contributed by atoms with E-state index in [0.29, 0.717) is 27.9 Å². The summed E-state index contributed by atoms with van der Waals surface area (Å²) in [5.74, 6) is -0.816. The molecule has 3 amide bonds. The van der Waals surface area contributed by atoms with Gasteiger partial charge in [-0.15, -0.1) is 0 Å². The monoisotopic (exact) mass is 507 g/mol. The van der Waals surface area contributed by atoms with E-state index in [1.807, 2.05) is 24.3 Å². The van der Waals surface area contributed by atoms with E-state index >= 15 is 0 Å². The zero-order chi connectivity index (χ0) is 25.1. The third-order valence-corrected chi connectivity index (χ3v) is 7.37. The highest BCUT2D eigenvalue weighted by atomic mass is 32.2. The van der Waals surface area contributed by atoms with E-state index in [1.54, 1.807) is 4.90 Å². The van der Waals surface area contributed by atoms with E-state index in [-0.39, 0.29) is 35.8 Å². The van der Waals surface area contributed by atoms with Crippen molar-refractivity contribution >= 4 is 51.9 Å². The fourth-order valence-electron chi connectivity index (χ4n) is 4.67. The number of amidine groups is 2. The lowest BCUT2D eigenvalue weighted by molar-refractivity contribution is -0.127. The van der Waals surface area contributed by atoms with Crippen molar-refractivity contribution in [2.45, 2.75) is 50.6 Å². The molecular weight excluding hydrogens is 481 g/mol. The predicted octanol–water partition coefficient (Wildman–Crippen LogP) is 4.00.